The first kappa shape index (κ1) is 14.2. The number of sulfonamides is 1. The largest absolute Gasteiger partial charge is 0.508 e. The van der Waals surface area contributed by atoms with Crippen LogP contribution in [0.4, 0.5) is 5.69 Å². The number of hydrogen-bond donors (Lipinski definition) is 2. The first-order valence-electron chi connectivity index (χ1n) is 5.89. The van der Waals surface area contributed by atoms with Crippen LogP contribution in [0.15, 0.2) is 47.4 Å². The van der Waals surface area contributed by atoms with E-state index in [4.69, 9.17) is 4.74 Å². The monoisotopic (exact) mass is 293 g/mol. The van der Waals surface area contributed by atoms with E-state index in [1.807, 2.05) is 0 Å². The van der Waals surface area contributed by atoms with E-state index in [0.29, 0.717) is 11.3 Å². The van der Waals surface area contributed by atoms with E-state index in [9.17, 15) is 13.5 Å². The summed E-state index contributed by atoms with van der Waals surface area (Å²) in [7, 11) is -2.33. The van der Waals surface area contributed by atoms with Gasteiger partial charge in [0.1, 0.15) is 16.4 Å². The molecule has 0 saturated carbocycles. The zero-order valence-corrected chi connectivity index (χ0v) is 11.9. The van der Waals surface area contributed by atoms with Gasteiger partial charge in [0.2, 0.25) is 0 Å². The standard InChI is InChI=1S/C14H15NO4S/c1-10-9-11(16)7-8-12(10)15-20(17,18)14-6-4-3-5-13(14)19-2/h3-9,15-16H,1-2H3. The van der Waals surface area contributed by atoms with Crippen LogP contribution < -0.4 is 9.46 Å². The predicted octanol–water partition coefficient (Wildman–Crippen LogP) is 2.51. The molecular formula is C14H15NO4S. The summed E-state index contributed by atoms with van der Waals surface area (Å²) in [4.78, 5) is 0.0648. The molecule has 6 heteroatoms. The van der Waals surface area contributed by atoms with Gasteiger partial charge in [-0.25, -0.2) is 8.42 Å². The van der Waals surface area contributed by atoms with Gasteiger partial charge >= 0.3 is 0 Å². The third-order valence-electron chi connectivity index (χ3n) is 2.81. The molecule has 2 N–H and O–H groups in total. The highest BCUT2D eigenvalue weighted by Crippen LogP contribution is 2.27. The van der Waals surface area contributed by atoms with Crippen LogP contribution in [0.1, 0.15) is 5.56 Å². The lowest BCUT2D eigenvalue weighted by molar-refractivity contribution is 0.403. The van der Waals surface area contributed by atoms with Crippen molar-refractivity contribution in [3.8, 4) is 11.5 Å². The van der Waals surface area contributed by atoms with Crippen molar-refractivity contribution in [1.29, 1.82) is 0 Å². The Balaban J connectivity index is 2.41. The Kier molecular flexibility index (Phi) is 3.85. The number of para-hydroxylation sites is 1. The number of hydrogen-bond acceptors (Lipinski definition) is 4. The minimum absolute atomic E-state index is 0.0648. The molecule has 0 radical (unpaired) electrons. The minimum Gasteiger partial charge on any atom is -0.508 e. The second kappa shape index (κ2) is 5.42. The number of aryl methyl sites for hydroxylation is 1. The van der Waals surface area contributed by atoms with Gasteiger partial charge in [-0.3, -0.25) is 4.72 Å². The zero-order valence-electron chi connectivity index (χ0n) is 11.1. The highest BCUT2D eigenvalue weighted by molar-refractivity contribution is 7.92. The summed E-state index contributed by atoms with van der Waals surface area (Å²) in [5.74, 6) is 0.360. The van der Waals surface area contributed by atoms with E-state index in [-0.39, 0.29) is 16.4 Å². The molecule has 106 valence electrons. The molecule has 0 aliphatic rings. The van der Waals surface area contributed by atoms with Crippen LogP contribution in [0.3, 0.4) is 0 Å². The molecule has 0 heterocycles. The lowest BCUT2D eigenvalue weighted by Gasteiger charge is -2.13. The van der Waals surface area contributed by atoms with Gasteiger partial charge in [-0.15, -0.1) is 0 Å². The van der Waals surface area contributed by atoms with E-state index < -0.39 is 10.0 Å². The fourth-order valence-electron chi connectivity index (χ4n) is 1.80. The van der Waals surface area contributed by atoms with Crippen LogP contribution in [0.25, 0.3) is 0 Å². The van der Waals surface area contributed by atoms with E-state index in [0.717, 1.165) is 0 Å². The third kappa shape index (κ3) is 2.85. The first-order valence-corrected chi connectivity index (χ1v) is 7.38. The van der Waals surface area contributed by atoms with Crippen molar-refractivity contribution in [2.24, 2.45) is 0 Å². The Morgan fingerprint density at radius 2 is 1.85 bits per heavy atom. The van der Waals surface area contributed by atoms with Crippen molar-refractivity contribution in [2.75, 3.05) is 11.8 Å². The van der Waals surface area contributed by atoms with Crippen LogP contribution in [0, 0.1) is 6.92 Å². The molecule has 0 fully saturated rings. The van der Waals surface area contributed by atoms with Crippen LogP contribution in [-0.4, -0.2) is 20.6 Å². The number of anilines is 1. The first-order chi connectivity index (χ1) is 9.44. The quantitative estimate of drug-likeness (QED) is 0.849. The molecule has 2 aromatic rings. The van der Waals surface area contributed by atoms with E-state index in [1.165, 1.54) is 31.4 Å². The number of phenols is 1. The lowest BCUT2D eigenvalue weighted by Crippen LogP contribution is -2.14. The van der Waals surface area contributed by atoms with Crippen molar-refractivity contribution in [2.45, 2.75) is 11.8 Å². The van der Waals surface area contributed by atoms with Crippen molar-refractivity contribution < 1.29 is 18.3 Å². The maximum atomic E-state index is 12.4. The number of benzene rings is 2. The molecule has 0 aromatic heterocycles. The van der Waals surface area contributed by atoms with Gasteiger partial charge in [-0.1, -0.05) is 12.1 Å². The van der Waals surface area contributed by atoms with Gasteiger partial charge < -0.3 is 9.84 Å². The minimum atomic E-state index is -3.75. The molecule has 0 aliphatic carbocycles. The Labute approximate surface area is 117 Å². The maximum absolute atomic E-state index is 12.4. The van der Waals surface area contributed by atoms with Gasteiger partial charge in [0.05, 0.1) is 12.8 Å². The number of ether oxygens (including phenoxy) is 1. The normalized spacial score (nSPS) is 11.1. The zero-order chi connectivity index (χ0) is 14.8. The molecule has 5 nitrogen and oxygen atoms in total. The topological polar surface area (TPSA) is 75.6 Å². The summed E-state index contributed by atoms with van der Waals surface area (Å²) in [5.41, 5.74) is 1.04. The number of nitrogens with one attached hydrogen (secondary N) is 1. The number of aromatic hydroxyl groups is 1. The number of rotatable bonds is 4. The molecule has 20 heavy (non-hydrogen) atoms. The number of methoxy groups -OCH3 is 1. The van der Waals surface area contributed by atoms with Crippen LogP contribution >= 0.6 is 0 Å². The van der Waals surface area contributed by atoms with E-state index >= 15 is 0 Å². The molecule has 0 unspecified atom stereocenters. The molecule has 0 aliphatic heterocycles. The fourth-order valence-corrected chi connectivity index (χ4v) is 3.11. The average Bonchev–Trinajstić information content (AvgIpc) is 2.42. The second-order valence-corrected chi connectivity index (χ2v) is 5.91. The van der Waals surface area contributed by atoms with Crippen molar-refractivity contribution in [1.82, 2.24) is 0 Å². The summed E-state index contributed by atoms with van der Waals surface area (Å²) in [5, 5.41) is 9.34. The van der Waals surface area contributed by atoms with Crippen molar-refractivity contribution in [3.05, 3.63) is 48.0 Å². The Hall–Kier alpha value is -2.21. The van der Waals surface area contributed by atoms with E-state index in [1.54, 1.807) is 25.1 Å². The van der Waals surface area contributed by atoms with Gasteiger partial charge in [0.15, 0.2) is 0 Å². The lowest BCUT2D eigenvalue weighted by atomic mass is 10.2. The fraction of sp³-hybridized carbons (Fsp3) is 0.143. The Bertz CT molecular complexity index is 726. The highest BCUT2D eigenvalue weighted by Gasteiger charge is 2.19. The molecular weight excluding hydrogens is 278 g/mol. The van der Waals surface area contributed by atoms with Crippen molar-refractivity contribution in [3.63, 3.8) is 0 Å². The van der Waals surface area contributed by atoms with Gasteiger partial charge in [-0.2, -0.15) is 0 Å². The van der Waals surface area contributed by atoms with Crippen molar-refractivity contribution >= 4 is 15.7 Å². The van der Waals surface area contributed by atoms with Crippen LogP contribution in [-0.2, 0) is 10.0 Å². The van der Waals surface area contributed by atoms with E-state index in [2.05, 4.69) is 4.72 Å². The summed E-state index contributed by atoms with van der Waals surface area (Å²) >= 11 is 0. The summed E-state index contributed by atoms with van der Waals surface area (Å²) < 4.78 is 32.3. The average molecular weight is 293 g/mol. The maximum Gasteiger partial charge on any atom is 0.265 e. The van der Waals surface area contributed by atoms with Gasteiger partial charge in [0, 0.05) is 0 Å². The molecule has 0 saturated heterocycles. The Morgan fingerprint density at radius 3 is 2.50 bits per heavy atom. The summed E-state index contributed by atoms with van der Waals surface area (Å²) in [6.07, 6.45) is 0. The molecule has 0 amide bonds. The highest BCUT2D eigenvalue weighted by atomic mass is 32.2. The van der Waals surface area contributed by atoms with Gasteiger partial charge in [0.25, 0.3) is 10.0 Å². The molecule has 2 rings (SSSR count). The number of phenolic OH excluding ortho intramolecular Hbond substituents is 1. The molecule has 0 spiro atoms. The Morgan fingerprint density at radius 1 is 1.15 bits per heavy atom. The predicted molar refractivity (Wildman–Crippen MR) is 76.6 cm³/mol. The van der Waals surface area contributed by atoms with Gasteiger partial charge in [-0.05, 0) is 42.8 Å². The molecule has 0 bridgehead atoms. The summed E-state index contributed by atoms with van der Waals surface area (Å²) in [6.45, 7) is 1.71. The molecule has 0 atom stereocenters. The van der Waals surface area contributed by atoms with Crippen LogP contribution in [0.5, 0.6) is 11.5 Å². The SMILES string of the molecule is COc1ccccc1S(=O)(=O)Nc1ccc(O)cc1C. The summed E-state index contributed by atoms with van der Waals surface area (Å²) in [6, 6.07) is 10.8. The smallest absolute Gasteiger partial charge is 0.265 e. The molecule has 2 aromatic carbocycles. The second-order valence-electron chi connectivity index (χ2n) is 4.26. The van der Waals surface area contributed by atoms with Crippen LogP contribution in [0.2, 0.25) is 0 Å². The third-order valence-corrected chi connectivity index (χ3v) is 4.22.